The van der Waals surface area contributed by atoms with Gasteiger partial charge in [-0.2, -0.15) is 4.31 Å². The predicted molar refractivity (Wildman–Crippen MR) is 121 cm³/mol. The van der Waals surface area contributed by atoms with E-state index in [2.05, 4.69) is 4.72 Å². The zero-order valence-electron chi connectivity index (χ0n) is 17.8. The molecule has 2 aromatic rings. The molecule has 1 saturated carbocycles. The SMILES string of the molecule is CC(=O)N1CCC(N(C2CC2)S(=O)(=O)c2ccc(NS(=O)(=O)c3ccccc3)cc2)CC1. The van der Waals surface area contributed by atoms with E-state index in [4.69, 9.17) is 0 Å². The third-order valence-corrected chi connectivity index (χ3v) is 9.33. The number of sulfonamides is 2. The number of piperidine rings is 1. The van der Waals surface area contributed by atoms with E-state index >= 15 is 0 Å². The zero-order chi connectivity index (χ0) is 22.9. The van der Waals surface area contributed by atoms with E-state index in [0.29, 0.717) is 31.6 Å². The van der Waals surface area contributed by atoms with Crippen LogP contribution in [0.1, 0.15) is 32.6 Å². The summed E-state index contributed by atoms with van der Waals surface area (Å²) in [6.45, 7) is 2.64. The highest BCUT2D eigenvalue weighted by atomic mass is 32.2. The van der Waals surface area contributed by atoms with Crippen LogP contribution in [0.5, 0.6) is 0 Å². The second kappa shape index (κ2) is 8.84. The van der Waals surface area contributed by atoms with Gasteiger partial charge >= 0.3 is 0 Å². The van der Waals surface area contributed by atoms with E-state index in [9.17, 15) is 21.6 Å². The number of nitrogens with one attached hydrogen (secondary N) is 1. The Morgan fingerprint density at radius 1 is 0.844 bits per heavy atom. The minimum Gasteiger partial charge on any atom is -0.343 e. The van der Waals surface area contributed by atoms with Crippen molar-refractivity contribution in [2.75, 3.05) is 17.8 Å². The molecule has 4 rings (SSSR count). The van der Waals surface area contributed by atoms with Crippen molar-refractivity contribution in [1.29, 1.82) is 0 Å². The molecule has 1 heterocycles. The summed E-state index contributed by atoms with van der Waals surface area (Å²) in [5.41, 5.74) is 0.292. The van der Waals surface area contributed by atoms with Crippen LogP contribution < -0.4 is 4.72 Å². The van der Waals surface area contributed by atoms with Crippen molar-refractivity contribution < 1.29 is 21.6 Å². The monoisotopic (exact) mass is 477 g/mol. The maximum atomic E-state index is 13.5. The summed E-state index contributed by atoms with van der Waals surface area (Å²) in [6.07, 6.45) is 2.90. The topological polar surface area (TPSA) is 104 Å². The Morgan fingerprint density at radius 2 is 1.41 bits per heavy atom. The van der Waals surface area contributed by atoms with Gasteiger partial charge in [-0.1, -0.05) is 18.2 Å². The number of likely N-dealkylation sites (tertiary alicyclic amines) is 1. The van der Waals surface area contributed by atoms with E-state index < -0.39 is 20.0 Å². The van der Waals surface area contributed by atoms with Gasteiger partial charge in [-0.05, 0) is 62.1 Å². The smallest absolute Gasteiger partial charge is 0.261 e. The van der Waals surface area contributed by atoms with Crippen LogP contribution in [0, 0.1) is 0 Å². The number of amides is 1. The van der Waals surface area contributed by atoms with Gasteiger partial charge in [-0.3, -0.25) is 9.52 Å². The third kappa shape index (κ3) is 4.82. The molecule has 2 fully saturated rings. The lowest BCUT2D eigenvalue weighted by molar-refractivity contribution is -0.130. The summed E-state index contributed by atoms with van der Waals surface area (Å²) in [7, 11) is -7.49. The van der Waals surface area contributed by atoms with Crippen LogP contribution in [0.15, 0.2) is 64.4 Å². The first-order valence-corrected chi connectivity index (χ1v) is 13.6. The summed E-state index contributed by atoms with van der Waals surface area (Å²) >= 11 is 0. The molecule has 1 amide bonds. The van der Waals surface area contributed by atoms with Gasteiger partial charge < -0.3 is 4.90 Å². The summed E-state index contributed by atoms with van der Waals surface area (Å²) < 4.78 is 56.0. The minimum absolute atomic E-state index is 0.00913. The number of benzene rings is 2. The number of carbonyl (C=O) groups excluding carboxylic acids is 1. The molecule has 0 radical (unpaired) electrons. The van der Waals surface area contributed by atoms with Crippen LogP contribution in [0.3, 0.4) is 0 Å². The predicted octanol–water partition coefficient (Wildman–Crippen LogP) is 2.65. The molecule has 8 nitrogen and oxygen atoms in total. The van der Waals surface area contributed by atoms with Crippen molar-refractivity contribution in [2.24, 2.45) is 0 Å². The largest absolute Gasteiger partial charge is 0.343 e. The van der Waals surface area contributed by atoms with Gasteiger partial charge in [0.05, 0.1) is 9.79 Å². The molecule has 32 heavy (non-hydrogen) atoms. The first-order chi connectivity index (χ1) is 15.2. The lowest BCUT2D eigenvalue weighted by Crippen LogP contribution is -2.49. The molecule has 0 atom stereocenters. The number of carbonyl (C=O) groups is 1. The molecule has 0 spiro atoms. The molecule has 0 bridgehead atoms. The molecule has 0 aromatic heterocycles. The van der Waals surface area contributed by atoms with E-state index in [1.54, 1.807) is 27.4 Å². The molecule has 1 saturated heterocycles. The van der Waals surface area contributed by atoms with Gasteiger partial charge in [0.1, 0.15) is 0 Å². The molecule has 1 aliphatic heterocycles. The number of anilines is 1. The van der Waals surface area contributed by atoms with Gasteiger partial charge in [-0.15, -0.1) is 0 Å². The summed E-state index contributed by atoms with van der Waals surface area (Å²) in [4.78, 5) is 13.6. The van der Waals surface area contributed by atoms with Gasteiger partial charge in [0.15, 0.2) is 0 Å². The number of nitrogens with zero attached hydrogens (tertiary/aromatic N) is 2. The second-order valence-electron chi connectivity index (χ2n) is 8.25. The van der Waals surface area contributed by atoms with E-state index in [0.717, 1.165) is 12.8 Å². The van der Waals surface area contributed by atoms with E-state index in [1.807, 2.05) is 0 Å². The Hall–Kier alpha value is -2.43. The average molecular weight is 478 g/mol. The Balaban J connectivity index is 1.51. The van der Waals surface area contributed by atoms with Crippen molar-refractivity contribution in [2.45, 2.75) is 54.5 Å². The number of hydrogen-bond acceptors (Lipinski definition) is 5. The first kappa shape index (κ1) is 22.8. The first-order valence-electron chi connectivity index (χ1n) is 10.7. The highest BCUT2D eigenvalue weighted by molar-refractivity contribution is 7.92. The molecule has 2 aliphatic rings. The Morgan fingerprint density at radius 3 is 1.94 bits per heavy atom. The molecule has 2 aromatic carbocycles. The lowest BCUT2D eigenvalue weighted by Gasteiger charge is -2.37. The maximum Gasteiger partial charge on any atom is 0.261 e. The fourth-order valence-corrected chi connectivity index (χ4v) is 7.10. The van der Waals surface area contributed by atoms with Crippen LogP contribution in [0.4, 0.5) is 5.69 Å². The molecule has 0 unspecified atom stereocenters. The molecule has 10 heteroatoms. The number of rotatable bonds is 7. The highest BCUT2D eigenvalue weighted by Gasteiger charge is 2.43. The Kier molecular flexibility index (Phi) is 6.28. The maximum absolute atomic E-state index is 13.5. The van der Waals surface area contributed by atoms with Gasteiger partial charge in [0, 0.05) is 37.8 Å². The van der Waals surface area contributed by atoms with Crippen LogP contribution in [0.2, 0.25) is 0 Å². The van der Waals surface area contributed by atoms with Crippen molar-refractivity contribution in [3.8, 4) is 0 Å². The fourth-order valence-electron chi connectivity index (χ4n) is 4.09. The fraction of sp³-hybridized carbons (Fsp3) is 0.409. The minimum atomic E-state index is -3.75. The molecular formula is C22H27N3O5S2. The summed E-state index contributed by atoms with van der Waals surface area (Å²) in [6, 6.07) is 13.7. The van der Waals surface area contributed by atoms with Crippen molar-refractivity contribution in [3.05, 3.63) is 54.6 Å². The second-order valence-corrected chi connectivity index (χ2v) is 11.8. The summed E-state index contributed by atoms with van der Waals surface area (Å²) in [5.74, 6) is 0.0119. The third-order valence-electron chi connectivity index (χ3n) is 5.91. The normalized spacial score (nSPS) is 18.0. The number of hydrogen-bond donors (Lipinski definition) is 1. The zero-order valence-corrected chi connectivity index (χ0v) is 19.5. The molecular weight excluding hydrogens is 450 g/mol. The van der Waals surface area contributed by atoms with Crippen LogP contribution >= 0.6 is 0 Å². The quantitative estimate of drug-likeness (QED) is 0.660. The van der Waals surface area contributed by atoms with Crippen LogP contribution in [-0.2, 0) is 24.8 Å². The lowest BCUT2D eigenvalue weighted by atomic mass is 10.0. The van der Waals surface area contributed by atoms with Gasteiger partial charge in [0.2, 0.25) is 15.9 Å². The Bertz CT molecular complexity index is 1170. The molecule has 1 N–H and O–H groups in total. The van der Waals surface area contributed by atoms with Crippen LogP contribution in [0.25, 0.3) is 0 Å². The van der Waals surface area contributed by atoms with E-state index in [1.165, 1.54) is 43.3 Å². The van der Waals surface area contributed by atoms with Gasteiger partial charge in [-0.25, -0.2) is 16.8 Å². The van der Waals surface area contributed by atoms with Crippen molar-refractivity contribution in [3.63, 3.8) is 0 Å². The standard InChI is InChI=1S/C22H27N3O5S2/c1-17(26)24-15-13-20(14-16-24)25(19-9-10-19)32(29,30)22-11-7-18(8-12-22)23-31(27,28)21-5-3-2-4-6-21/h2-8,11-12,19-20,23H,9-10,13-16H2,1H3. The highest BCUT2D eigenvalue weighted by Crippen LogP contribution is 2.37. The molecule has 1 aliphatic carbocycles. The Labute approximate surface area is 189 Å². The molecule has 172 valence electrons. The van der Waals surface area contributed by atoms with Crippen molar-refractivity contribution in [1.82, 2.24) is 9.21 Å². The summed E-state index contributed by atoms with van der Waals surface area (Å²) in [5, 5.41) is 0. The van der Waals surface area contributed by atoms with Gasteiger partial charge in [0.25, 0.3) is 10.0 Å². The van der Waals surface area contributed by atoms with E-state index in [-0.39, 0.29) is 27.8 Å². The van der Waals surface area contributed by atoms with Crippen molar-refractivity contribution >= 4 is 31.6 Å². The average Bonchev–Trinajstić information content (AvgIpc) is 3.60. The van der Waals surface area contributed by atoms with Crippen LogP contribution in [-0.4, -0.2) is 57.1 Å².